The van der Waals surface area contributed by atoms with Crippen molar-refractivity contribution in [3.05, 3.63) is 53.6 Å². The lowest BCUT2D eigenvalue weighted by Crippen LogP contribution is -2.07. The van der Waals surface area contributed by atoms with E-state index in [0.717, 1.165) is 24.2 Å². The molecule has 0 aromatic heterocycles. The number of fused-ring (bicyclic) bond motifs is 1. The highest BCUT2D eigenvalue weighted by atomic mass is 19.3. The number of aryl methyl sites for hydroxylation is 1. The molecule has 0 aliphatic heterocycles. The van der Waals surface area contributed by atoms with Crippen LogP contribution in [0.3, 0.4) is 0 Å². The van der Waals surface area contributed by atoms with Gasteiger partial charge in [0.1, 0.15) is 5.75 Å². The van der Waals surface area contributed by atoms with E-state index in [2.05, 4.69) is 10.1 Å². The Morgan fingerprint density at radius 2 is 1.90 bits per heavy atom. The van der Waals surface area contributed by atoms with Crippen LogP contribution in [-0.2, 0) is 6.42 Å². The highest BCUT2D eigenvalue weighted by molar-refractivity contribution is 5.53. The first kappa shape index (κ1) is 13.7. The van der Waals surface area contributed by atoms with Crippen molar-refractivity contribution in [2.24, 2.45) is 0 Å². The van der Waals surface area contributed by atoms with Crippen molar-refractivity contribution in [3.63, 3.8) is 0 Å². The Morgan fingerprint density at radius 3 is 2.62 bits per heavy atom. The molecule has 1 aliphatic carbocycles. The molecule has 21 heavy (non-hydrogen) atoms. The summed E-state index contributed by atoms with van der Waals surface area (Å²) in [5.41, 5.74) is 9.97. The van der Waals surface area contributed by atoms with E-state index in [1.165, 1.54) is 23.3 Å². The van der Waals surface area contributed by atoms with Crippen LogP contribution >= 0.6 is 0 Å². The van der Waals surface area contributed by atoms with E-state index in [1.807, 2.05) is 18.2 Å². The zero-order chi connectivity index (χ0) is 14.8. The van der Waals surface area contributed by atoms with E-state index in [-0.39, 0.29) is 11.8 Å². The summed E-state index contributed by atoms with van der Waals surface area (Å²) in [7, 11) is 0. The van der Waals surface area contributed by atoms with Gasteiger partial charge in [-0.2, -0.15) is 8.78 Å². The number of nitrogen functional groups attached to an aromatic ring is 1. The Kier molecular flexibility index (Phi) is 3.64. The number of hydrogen-bond donors (Lipinski definition) is 2. The van der Waals surface area contributed by atoms with Gasteiger partial charge in [0.2, 0.25) is 0 Å². The van der Waals surface area contributed by atoms with Crippen LogP contribution < -0.4 is 15.8 Å². The fourth-order valence-corrected chi connectivity index (χ4v) is 2.72. The van der Waals surface area contributed by atoms with Crippen LogP contribution in [0.15, 0.2) is 42.5 Å². The fourth-order valence-electron chi connectivity index (χ4n) is 2.72. The molecule has 110 valence electrons. The van der Waals surface area contributed by atoms with Crippen molar-refractivity contribution in [2.75, 3.05) is 11.1 Å². The summed E-state index contributed by atoms with van der Waals surface area (Å²) in [6, 6.07) is 12.7. The predicted molar refractivity (Wildman–Crippen MR) is 78.6 cm³/mol. The Bertz CT molecular complexity index is 629. The average Bonchev–Trinajstić information content (AvgIpc) is 2.83. The highest BCUT2D eigenvalue weighted by Crippen LogP contribution is 2.35. The number of rotatable bonds is 4. The van der Waals surface area contributed by atoms with Crippen molar-refractivity contribution in [2.45, 2.75) is 25.5 Å². The van der Waals surface area contributed by atoms with Crippen LogP contribution in [0.4, 0.5) is 20.2 Å². The molecule has 3 rings (SSSR count). The number of hydrogen-bond acceptors (Lipinski definition) is 3. The molecule has 1 aliphatic rings. The third-order valence-corrected chi connectivity index (χ3v) is 3.67. The number of halogens is 2. The third-order valence-electron chi connectivity index (χ3n) is 3.67. The molecule has 1 unspecified atom stereocenters. The van der Waals surface area contributed by atoms with Gasteiger partial charge in [0.15, 0.2) is 0 Å². The minimum atomic E-state index is -2.80. The Labute approximate surface area is 121 Å². The lowest BCUT2D eigenvalue weighted by molar-refractivity contribution is -0.0498. The maximum atomic E-state index is 12.1. The van der Waals surface area contributed by atoms with Gasteiger partial charge in [0.25, 0.3) is 0 Å². The van der Waals surface area contributed by atoms with E-state index >= 15 is 0 Å². The predicted octanol–water partition coefficient (Wildman–Crippen LogP) is 3.97. The van der Waals surface area contributed by atoms with Crippen molar-refractivity contribution in [3.8, 4) is 5.75 Å². The van der Waals surface area contributed by atoms with E-state index in [1.54, 1.807) is 12.1 Å². The molecule has 0 bridgehead atoms. The monoisotopic (exact) mass is 290 g/mol. The number of ether oxygens (including phenoxy) is 1. The van der Waals surface area contributed by atoms with Crippen molar-refractivity contribution < 1.29 is 13.5 Å². The molecule has 0 spiro atoms. The number of anilines is 2. The summed E-state index contributed by atoms with van der Waals surface area (Å²) in [6.07, 6.45) is 1.98. The first-order valence-electron chi connectivity index (χ1n) is 6.81. The lowest BCUT2D eigenvalue weighted by Gasteiger charge is -2.16. The normalized spacial score (nSPS) is 16.8. The van der Waals surface area contributed by atoms with E-state index < -0.39 is 6.61 Å². The van der Waals surface area contributed by atoms with Gasteiger partial charge in [-0.3, -0.25) is 0 Å². The van der Waals surface area contributed by atoms with Crippen LogP contribution in [0.1, 0.15) is 23.6 Å². The minimum absolute atomic E-state index is 0.162. The quantitative estimate of drug-likeness (QED) is 0.838. The van der Waals surface area contributed by atoms with Gasteiger partial charge in [-0.05, 0) is 60.4 Å². The minimum Gasteiger partial charge on any atom is -0.435 e. The number of nitrogens with two attached hydrogens (primary N) is 1. The van der Waals surface area contributed by atoms with Crippen LogP contribution in [-0.4, -0.2) is 6.61 Å². The van der Waals surface area contributed by atoms with E-state index in [9.17, 15) is 8.78 Å². The fraction of sp³-hybridized carbons (Fsp3) is 0.250. The molecule has 0 heterocycles. The maximum Gasteiger partial charge on any atom is 0.387 e. The molecule has 3 N–H and O–H groups in total. The van der Waals surface area contributed by atoms with Crippen molar-refractivity contribution in [1.29, 1.82) is 0 Å². The molecule has 0 radical (unpaired) electrons. The molecular formula is C16H16F2N2O. The molecule has 0 fully saturated rings. The summed E-state index contributed by atoms with van der Waals surface area (Å²) in [5, 5.41) is 3.41. The summed E-state index contributed by atoms with van der Waals surface area (Å²) < 4.78 is 28.5. The van der Waals surface area contributed by atoms with Crippen LogP contribution in [0.2, 0.25) is 0 Å². The second-order valence-corrected chi connectivity index (χ2v) is 5.10. The van der Waals surface area contributed by atoms with Crippen LogP contribution in [0, 0.1) is 0 Å². The molecule has 0 saturated carbocycles. The second-order valence-electron chi connectivity index (χ2n) is 5.10. The van der Waals surface area contributed by atoms with Gasteiger partial charge in [-0.25, -0.2) is 0 Å². The molecule has 5 heteroatoms. The summed E-state index contributed by atoms with van der Waals surface area (Å²) in [5.74, 6) is 0.162. The topological polar surface area (TPSA) is 47.3 Å². The SMILES string of the molecule is Nc1ccc2c(c1)CCC2Nc1ccc(OC(F)F)cc1. The van der Waals surface area contributed by atoms with E-state index in [4.69, 9.17) is 5.73 Å². The molecule has 2 aromatic rings. The molecule has 0 amide bonds. The zero-order valence-electron chi connectivity index (χ0n) is 11.4. The Hall–Kier alpha value is -2.30. The Morgan fingerprint density at radius 1 is 1.14 bits per heavy atom. The van der Waals surface area contributed by atoms with Gasteiger partial charge < -0.3 is 15.8 Å². The summed E-state index contributed by atoms with van der Waals surface area (Å²) in [4.78, 5) is 0. The van der Waals surface area contributed by atoms with Gasteiger partial charge in [0.05, 0.1) is 6.04 Å². The maximum absolute atomic E-state index is 12.1. The lowest BCUT2D eigenvalue weighted by atomic mass is 10.1. The first-order chi connectivity index (χ1) is 10.1. The number of nitrogens with one attached hydrogen (secondary N) is 1. The molecule has 2 aromatic carbocycles. The average molecular weight is 290 g/mol. The number of alkyl halides is 2. The Balaban J connectivity index is 1.71. The molecule has 0 saturated heterocycles. The van der Waals surface area contributed by atoms with Crippen molar-refractivity contribution in [1.82, 2.24) is 0 Å². The number of benzene rings is 2. The summed E-state index contributed by atoms with van der Waals surface area (Å²) >= 11 is 0. The van der Waals surface area contributed by atoms with E-state index in [0.29, 0.717) is 0 Å². The van der Waals surface area contributed by atoms with Crippen LogP contribution in [0.25, 0.3) is 0 Å². The first-order valence-corrected chi connectivity index (χ1v) is 6.81. The second kappa shape index (κ2) is 5.60. The van der Waals surface area contributed by atoms with Gasteiger partial charge >= 0.3 is 6.61 Å². The molecule has 1 atom stereocenters. The summed E-state index contributed by atoms with van der Waals surface area (Å²) in [6.45, 7) is -2.80. The third kappa shape index (κ3) is 3.07. The van der Waals surface area contributed by atoms with Crippen molar-refractivity contribution >= 4 is 11.4 Å². The van der Waals surface area contributed by atoms with Crippen LogP contribution in [0.5, 0.6) is 5.75 Å². The smallest absolute Gasteiger partial charge is 0.387 e. The zero-order valence-corrected chi connectivity index (χ0v) is 11.4. The molecule has 3 nitrogen and oxygen atoms in total. The standard InChI is InChI=1S/C16H16F2N2O/c17-16(18)21-13-5-3-12(4-6-13)20-15-8-1-10-9-11(19)2-7-14(10)15/h2-7,9,15-16,20H,1,8,19H2. The van der Waals surface area contributed by atoms with Gasteiger partial charge in [-0.15, -0.1) is 0 Å². The highest BCUT2D eigenvalue weighted by Gasteiger charge is 2.22. The molecular weight excluding hydrogens is 274 g/mol. The van der Waals surface area contributed by atoms with Gasteiger partial charge in [-0.1, -0.05) is 6.07 Å². The largest absolute Gasteiger partial charge is 0.435 e. The van der Waals surface area contributed by atoms with Gasteiger partial charge in [0, 0.05) is 11.4 Å².